The summed E-state index contributed by atoms with van der Waals surface area (Å²) in [4.78, 5) is 31.9. The van der Waals surface area contributed by atoms with E-state index in [1.165, 1.54) is 16.3 Å². The zero-order valence-electron chi connectivity index (χ0n) is 23.5. The van der Waals surface area contributed by atoms with Crippen LogP contribution in [0.4, 0.5) is 4.79 Å². The molecule has 3 aromatic rings. The second-order valence-electron chi connectivity index (χ2n) is 10.8. The number of morpholine rings is 1. The summed E-state index contributed by atoms with van der Waals surface area (Å²) in [5.41, 5.74) is 3.39. The van der Waals surface area contributed by atoms with Crippen molar-refractivity contribution >= 4 is 22.7 Å². The summed E-state index contributed by atoms with van der Waals surface area (Å²) in [6.07, 6.45) is 0.908. The summed E-state index contributed by atoms with van der Waals surface area (Å²) in [6.45, 7) is 10.4. The maximum atomic E-state index is 13.6. The van der Waals surface area contributed by atoms with Gasteiger partial charge in [-0.1, -0.05) is 66.7 Å². The Balaban J connectivity index is 1.24. The van der Waals surface area contributed by atoms with Crippen LogP contribution in [0.3, 0.4) is 0 Å². The van der Waals surface area contributed by atoms with Crippen molar-refractivity contribution in [1.82, 2.24) is 25.3 Å². The average molecular weight is 544 g/mol. The predicted molar refractivity (Wildman–Crippen MR) is 158 cm³/mol. The summed E-state index contributed by atoms with van der Waals surface area (Å²) in [6, 6.07) is 22.8. The van der Waals surface area contributed by atoms with Crippen LogP contribution in [-0.4, -0.2) is 85.7 Å². The van der Waals surface area contributed by atoms with E-state index < -0.39 is 0 Å². The minimum atomic E-state index is -0.121. The number of hydrogen-bond acceptors (Lipinski definition) is 5. The number of rotatable bonds is 10. The lowest BCUT2D eigenvalue weighted by Crippen LogP contribution is -2.47. The van der Waals surface area contributed by atoms with E-state index in [1.54, 1.807) is 0 Å². The van der Waals surface area contributed by atoms with Gasteiger partial charge in [-0.15, -0.1) is 0 Å². The fourth-order valence-electron chi connectivity index (χ4n) is 5.60. The van der Waals surface area contributed by atoms with E-state index in [-0.39, 0.29) is 18.0 Å². The first-order chi connectivity index (χ1) is 19.5. The molecule has 40 heavy (non-hydrogen) atoms. The van der Waals surface area contributed by atoms with E-state index in [4.69, 9.17) is 4.74 Å². The van der Waals surface area contributed by atoms with Gasteiger partial charge < -0.3 is 20.3 Å². The Morgan fingerprint density at radius 3 is 2.52 bits per heavy atom. The van der Waals surface area contributed by atoms with Crippen molar-refractivity contribution in [1.29, 1.82) is 0 Å². The minimum absolute atomic E-state index is 0.0502. The normalized spacial score (nSPS) is 17.4. The van der Waals surface area contributed by atoms with Gasteiger partial charge in [0.2, 0.25) is 5.91 Å². The summed E-state index contributed by atoms with van der Waals surface area (Å²) < 4.78 is 5.48. The lowest BCUT2D eigenvalue weighted by Gasteiger charge is -2.29. The van der Waals surface area contributed by atoms with Crippen molar-refractivity contribution < 1.29 is 14.3 Å². The molecule has 1 unspecified atom stereocenters. The fraction of sp³-hybridized carbons (Fsp3) is 0.438. The summed E-state index contributed by atoms with van der Waals surface area (Å²) >= 11 is 0. The van der Waals surface area contributed by atoms with Gasteiger partial charge in [-0.2, -0.15) is 0 Å². The third kappa shape index (κ3) is 7.59. The van der Waals surface area contributed by atoms with Crippen LogP contribution in [0, 0.1) is 0 Å². The van der Waals surface area contributed by atoms with Crippen LogP contribution in [0.1, 0.15) is 36.1 Å². The van der Waals surface area contributed by atoms with Gasteiger partial charge in [0.25, 0.3) is 0 Å². The average Bonchev–Trinajstić information content (AvgIpc) is 2.98. The van der Waals surface area contributed by atoms with Gasteiger partial charge >= 0.3 is 6.03 Å². The van der Waals surface area contributed by atoms with Crippen LogP contribution in [0.5, 0.6) is 0 Å². The topological polar surface area (TPSA) is 77.2 Å². The third-order valence-corrected chi connectivity index (χ3v) is 7.84. The van der Waals surface area contributed by atoms with Crippen LogP contribution in [0.25, 0.3) is 10.8 Å². The molecule has 2 N–H and O–H groups in total. The number of ether oxygens (including phenoxy) is 1. The number of carbonyl (C=O) groups is 2. The number of urea groups is 1. The molecule has 0 saturated carbocycles. The molecular weight excluding hydrogens is 502 g/mol. The van der Waals surface area contributed by atoms with Crippen LogP contribution in [0.2, 0.25) is 0 Å². The van der Waals surface area contributed by atoms with Gasteiger partial charge in [0, 0.05) is 52.4 Å². The van der Waals surface area contributed by atoms with Gasteiger partial charge in [0.15, 0.2) is 0 Å². The van der Waals surface area contributed by atoms with Gasteiger partial charge in [0.05, 0.1) is 25.8 Å². The smallest absolute Gasteiger partial charge is 0.318 e. The fourth-order valence-corrected chi connectivity index (χ4v) is 5.60. The first kappa shape index (κ1) is 28.1. The van der Waals surface area contributed by atoms with E-state index in [0.717, 1.165) is 63.5 Å². The molecule has 2 aliphatic heterocycles. The highest BCUT2D eigenvalue weighted by Gasteiger charge is 2.20. The van der Waals surface area contributed by atoms with E-state index in [1.807, 2.05) is 17.0 Å². The van der Waals surface area contributed by atoms with Gasteiger partial charge in [-0.25, -0.2) is 4.79 Å². The van der Waals surface area contributed by atoms with Crippen LogP contribution in [-0.2, 0) is 22.6 Å². The molecule has 0 aromatic heterocycles. The number of benzene rings is 3. The van der Waals surface area contributed by atoms with Crippen molar-refractivity contribution in [2.45, 2.75) is 32.5 Å². The first-order valence-corrected chi connectivity index (χ1v) is 14.5. The zero-order chi connectivity index (χ0) is 27.7. The molecule has 0 bridgehead atoms. The van der Waals surface area contributed by atoms with Crippen molar-refractivity contribution in [3.8, 4) is 0 Å². The molecule has 2 saturated heterocycles. The van der Waals surface area contributed by atoms with Gasteiger partial charge in [-0.3, -0.25) is 14.6 Å². The number of amides is 3. The number of fused-ring (bicyclic) bond motifs is 1. The molecule has 3 aromatic carbocycles. The van der Waals surface area contributed by atoms with Gasteiger partial charge in [0.1, 0.15) is 0 Å². The van der Waals surface area contributed by atoms with Crippen molar-refractivity contribution in [2.75, 3.05) is 59.0 Å². The molecule has 0 aliphatic carbocycles. The van der Waals surface area contributed by atoms with Crippen LogP contribution < -0.4 is 10.6 Å². The largest absolute Gasteiger partial charge is 0.379 e. The van der Waals surface area contributed by atoms with Crippen LogP contribution >= 0.6 is 0 Å². The molecule has 0 radical (unpaired) electrons. The summed E-state index contributed by atoms with van der Waals surface area (Å²) in [5.74, 6) is 0.0827. The monoisotopic (exact) mass is 543 g/mol. The minimum Gasteiger partial charge on any atom is -0.379 e. The summed E-state index contributed by atoms with van der Waals surface area (Å²) in [5, 5.41) is 8.49. The molecule has 8 nitrogen and oxygen atoms in total. The molecule has 8 heteroatoms. The van der Waals surface area contributed by atoms with E-state index in [0.29, 0.717) is 26.2 Å². The molecule has 3 amide bonds. The molecule has 5 rings (SSSR count). The lowest BCUT2D eigenvalue weighted by molar-refractivity contribution is -0.124. The second kappa shape index (κ2) is 13.7. The number of piperazine rings is 1. The molecule has 2 heterocycles. The van der Waals surface area contributed by atoms with Crippen molar-refractivity contribution in [3.05, 3.63) is 83.4 Å². The second-order valence-corrected chi connectivity index (χ2v) is 10.8. The Morgan fingerprint density at radius 2 is 1.73 bits per heavy atom. The quantitative estimate of drug-likeness (QED) is 0.407. The van der Waals surface area contributed by atoms with Gasteiger partial charge in [-0.05, 0) is 40.8 Å². The zero-order valence-corrected chi connectivity index (χ0v) is 23.5. The van der Waals surface area contributed by atoms with E-state index in [2.05, 4.69) is 82.0 Å². The van der Waals surface area contributed by atoms with E-state index >= 15 is 0 Å². The Labute approximate surface area is 237 Å². The van der Waals surface area contributed by atoms with Crippen molar-refractivity contribution in [2.24, 2.45) is 0 Å². The standard InChI is InChI=1S/C32H41N5O3/c1-25(29-9-4-7-28-6-2-3-8-30(28)29)34-32(39)37(16-5-15-35-18-20-40-21-19-35)23-27-12-10-26(11-13-27)22-36-17-14-33-31(38)24-36/h2-4,6-13,25H,5,14-24H2,1H3,(H,33,38)(H,34,39). The molecule has 212 valence electrons. The number of carbonyl (C=O) groups excluding carboxylic acids is 2. The highest BCUT2D eigenvalue weighted by atomic mass is 16.5. The SMILES string of the molecule is CC(NC(=O)N(CCCN1CCOCC1)Cc1ccc(CN2CCNC(=O)C2)cc1)c1cccc2ccccc12. The Kier molecular flexibility index (Phi) is 9.65. The maximum Gasteiger partial charge on any atom is 0.318 e. The van der Waals surface area contributed by atoms with Crippen molar-refractivity contribution in [3.63, 3.8) is 0 Å². The molecule has 2 aliphatic rings. The highest BCUT2D eigenvalue weighted by molar-refractivity contribution is 5.86. The maximum absolute atomic E-state index is 13.6. The number of nitrogens with one attached hydrogen (secondary N) is 2. The molecule has 0 spiro atoms. The van der Waals surface area contributed by atoms with Crippen LogP contribution in [0.15, 0.2) is 66.7 Å². The third-order valence-electron chi connectivity index (χ3n) is 7.84. The summed E-state index contributed by atoms with van der Waals surface area (Å²) in [7, 11) is 0. The molecule has 2 fully saturated rings. The number of nitrogens with zero attached hydrogens (tertiary/aromatic N) is 3. The first-order valence-electron chi connectivity index (χ1n) is 14.5. The Bertz CT molecular complexity index is 1270. The predicted octanol–water partition coefficient (Wildman–Crippen LogP) is 3.77. The highest BCUT2D eigenvalue weighted by Crippen LogP contribution is 2.24. The molecular formula is C32H41N5O3. The number of hydrogen-bond donors (Lipinski definition) is 2. The van der Waals surface area contributed by atoms with E-state index in [9.17, 15) is 9.59 Å². The molecule has 1 atom stereocenters. The Hall–Kier alpha value is -3.46. The Morgan fingerprint density at radius 1 is 0.975 bits per heavy atom. The lowest BCUT2D eigenvalue weighted by atomic mass is 10.00.